The molecule has 2 heterocycles. The van der Waals surface area contributed by atoms with Gasteiger partial charge in [-0.1, -0.05) is 30.3 Å². The van der Waals surface area contributed by atoms with E-state index in [0.717, 1.165) is 11.1 Å². The Kier molecular flexibility index (Phi) is 5.41. The Labute approximate surface area is 146 Å². The number of carbonyl (C=O) groups excluding carboxylic acids is 1. The molecule has 3 rings (SSSR count). The van der Waals surface area contributed by atoms with Crippen molar-refractivity contribution >= 4 is 5.91 Å². The van der Waals surface area contributed by atoms with E-state index in [1.807, 2.05) is 49.4 Å². The number of pyridine rings is 1. The lowest BCUT2D eigenvalue weighted by molar-refractivity contribution is -0.123. The third kappa shape index (κ3) is 4.23. The number of amides is 1. The zero-order valence-electron chi connectivity index (χ0n) is 14.0. The number of hydrogen-bond donors (Lipinski definition) is 1. The van der Waals surface area contributed by atoms with Gasteiger partial charge in [0.1, 0.15) is 0 Å². The summed E-state index contributed by atoms with van der Waals surface area (Å²) in [5.41, 5.74) is 1.81. The Hall–Kier alpha value is -3.15. The average Bonchev–Trinajstić information content (AvgIpc) is 3.16. The van der Waals surface area contributed by atoms with Crippen molar-refractivity contribution in [3.63, 3.8) is 0 Å². The second-order valence-corrected chi connectivity index (χ2v) is 5.45. The second kappa shape index (κ2) is 8.10. The fourth-order valence-corrected chi connectivity index (χ4v) is 2.57. The van der Waals surface area contributed by atoms with Crippen LogP contribution in [-0.2, 0) is 11.3 Å². The van der Waals surface area contributed by atoms with Crippen molar-refractivity contribution in [1.29, 1.82) is 0 Å². The Morgan fingerprint density at radius 2 is 2.04 bits per heavy atom. The maximum Gasteiger partial charge on any atom is 0.249 e. The van der Waals surface area contributed by atoms with Crippen molar-refractivity contribution in [2.75, 3.05) is 6.61 Å². The molecular weight excluding hydrogens is 316 g/mol. The van der Waals surface area contributed by atoms with Gasteiger partial charge in [-0.05, 0) is 30.2 Å². The van der Waals surface area contributed by atoms with Crippen LogP contribution in [0.25, 0.3) is 0 Å². The number of ether oxygens (including phenoxy) is 1. The molecule has 1 amide bonds. The molecule has 3 aromatic rings. The fourth-order valence-electron chi connectivity index (χ4n) is 2.57. The molecule has 2 aromatic heterocycles. The van der Waals surface area contributed by atoms with E-state index in [-0.39, 0.29) is 5.91 Å². The van der Waals surface area contributed by atoms with Gasteiger partial charge < -0.3 is 10.1 Å². The highest BCUT2D eigenvalue weighted by molar-refractivity contribution is 5.83. The van der Waals surface area contributed by atoms with E-state index in [2.05, 4.69) is 15.4 Å². The molecule has 0 saturated carbocycles. The van der Waals surface area contributed by atoms with E-state index in [4.69, 9.17) is 4.74 Å². The first-order valence-corrected chi connectivity index (χ1v) is 8.17. The Morgan fingerprint density at radius 1 is 1.20 bits per heavy atom. The molecule has 0 aliphatic heterocycles. The Morgan fingerprint density at radius 3 is 2.76 bits per heavy atom. The minimum atomic E-state index is -0.510. The number of benzene rings is 1. The summed E-state index contributed by atoms with van der Waals surface area (Å²) >= 11 is 0. The number of carbonyl (C=O) groups is 1. The van der Waals surface area contributed by atoms with Gasteiger partial charge in [-0.2, -0.15) is 5.10 Å². The van der Waals surface area contributed by atoms with Gasteiger partial charge in [0.05, 0.1) is 6.61 Å². The Balaban J connectivity index is 1.74. The van der Waals surface area contributed by atoms with Gasteiger partial charge in [0.15, 0.2) is 6.04 Å². The van der Waals surface area contributed by atoms with Crippen molar-refractivity contribution in [2.24, 2.45) is 0 Å². The summed E-state index contributed by atoms with van der Waals surface area (Å²) in [7, 11) is 0. The fraction of sp³-hybridized carbons (Fsp3) is 0.211. The zero-order chi connectivity index (χ0) is 17.5. The number of hydrogen-bond acceptors (Lipinski definition) is 4. The highest BCUT2D eigenvalue weighted by atomic mass is 16.5. The van der Waals surface area contributed by atoms with Gasteiger partial charge in [0.25, 0.3) is 0 Å². The van der Waals surface area contributed by atoms with Crippen LogP contribution in [0.2, 0.25) is 0 Å². The third-order valence-electron chi connectivity index (χ3n) is 3.71. The summed E-state index contributed by atoms with van der Waals surface area (Å²) in [6.07, 6.45) is 5.13. The summed E-state index contributed by atoms with van der Waals surface area (Å²) < 4.78 is 7.05. The van der Waals surface area contributed by atoms with Gasteiger partial charge in [-0.15, -0.1) is 0 Å². The van der Waals surface area contributed by atoms with Crippen molar-refractivity contribution in [2.45, 2.75) is 19.5 Å². The molecule has 6 heteroatoms. The van der Waals surface area contributed by atoms with E-state index >= 15 is 0 Å². The zero-order valence-corrected chi connectivity index (χ0v) is 14.0. The van der Waals surface area contributed by atoms with Gasteiger partial charge in [0.2, 0.25) is 11.8 Å². The summed E-state index contributed by atoms with van der Waals surface area (Å²) in [6.45, 7) is 2.86. The lowest BCUT2D eigenvalue weighted by Crippen LogP contribution is -2.33. The molecule has 128 valence electrons. The summed E-state index contributed by atoms with van der Waals surface area (Å²) in [4.78, 5) is 16.9. The minimum absolute atomic E-state index is 0.121. The molecule has 1 N–H and O–H groups in total. The SMILES string of the molecule is CCOc1cc(CNC(=O)[C@@H](c2ccccc2)n2cccn2)ccn1. The van der Waals surface area contributed by atoms with Gasteiger partial charge in [0, 0.05) is 31.2 Å². The number of nitrogens with zero attached hydrogens (tertiary/aromatic N) is 3. The molecular formula is C19H20N4O2. The predicted molar refractivity (Wildman–Crippen MR) is 94.1 cm³/mol. The standard InChI is InChI=1S/C19H20N4O2/c1-2-25-17-13-15(9-11-20-17)14-21-19(24)18(23-12-6-10-22-23)16-7-4-3-5-8-16/h3-13,18H,2,14H2,1H3,(H,21,24)/t18-/m1/s1. The van der Waals surface area contributed by atoms with Crippen molar-refractivity contribution in [3.05, 3.63) is 78.2 Å². The third-order valence-corrected chi connectivity index (χ3v) is 3.71. The molecule has 25 heavy (non-hydrogen) atoms. The maximum atomic E-state index is 12.8. The molecule has 0 spiro atoms. The molecule has 0 radical (unpaired) electrons. The highest BCUT2D eigenvalue weighted by Gasteiger charge is 2.22. The molecule has 6 nitrogen and oxygen atoms in total. The predicted octanol–water partition coefficient (Wildman–Crippen LogP) is 2.58. The van der Waals surface area contributed by atoms with Crippen LogP contribution < -0.4 is 10.1 Å². The first kappa shape index (κ1) is 16.7. The average molecular weight is 336 g/mol. The van der Waals surface area contributed by atoms with Gasteiger partial charge >= 0.3 is 0 Å². The van der Waals surface area contributed by atoms with E-state index in [9.17, 15) is 4.79 Å². The van der Waals surface area contributed by atoms with Crippen LogP contribution in [0.4, 0.5) is 0 Å². The molecule has 0 saturated heterocycles. The van der Waals surface area contributed by atoms with Gasteiger partial charge in [-0.25, -0.2) is 4.98 Å². The molecule has 0 bridgehead atoms. The number of aromatic nitrogens is 3. The van der Waals surface area contributed by atoms with Gasteiger partial charge in [-0.3, -0.25) is 9.48 Å². The van der Waals surface area contributed by atoms with E-state index in [1.165, 1.54) is 0 Å². The topological polar surface area (TPSA) is 69.0 Å². The van der Waals surface area contributed by atoms with E-state index in [0.29, 0.717) is 19.0 Å². The quantitative estimate of drug-likeness (QED) is 0.720. The largest absolute Gasteiger partial charge is 0.478 e. The summed E-state index contributed by atoms with van der Waals surface area (Å²) in [5.74, 6) is 0.436. The van der Waals surface area contributed by atoms with Crippen LogP contribution >= 0.6 is 0 Å². The molecule has 0 aliphatic carbocycles. The first-order valence-electron chi connectivity index (χ1n) is 8.17. The van der Waals surface area contributed by atoms with E-state index in [1.54, 1.807) is 29.3 Å². The summed E-state index contributed by atoms with van der Waals surface area (Å²) in [5, 5.41) is 7.21. The monoisotopic (exact) mass is 336 g/mol. The maximum absolute atomic E-state index is 12.8. The lowest BCUT2D eigenvalue weighted by atomic mass is 10.1. The summed E-state index contributed by atoms with van der Waals surface area (Å²) in [6, 6.07) is 14.6. The van der Waals surface area contributed by atoms with Crippen LogP contribution in [0.15, 0.2) is 67.1 Å². The molecule has 1 atom stereocenters. The van der Waals surface area contributed by atoms with Crippen LogP contribution in [0.5, 0.6) is 5.88 Å². The highest BCUT2D eigenvalue weighted by Crippen LogP contribution is 2.18. The van der Waals surface area contributed by atoms with Crippen LogP contribution in [0, 0.1) is 0 Å². The van der Waals surface area contributed by atoms with Crippen molar-refractivity contribution in [3.8, 4) is 5.88 Å². The molecule has 1 aromatic carbocycles. The lowest BCUT2D eigenvalue weighted by Gasteiger charge is -2.18. The second-order valence-electron chi connectivity index (χ2n) is 5.45. The molecule has 0 unspecified atom stereocenters. The van der Waals surface area contributed by atoms with Crippen LogP contribution in [0.1, 0.15) is 24.1 Å². The van der Waals surface area contributed by atoms with Crippen molar-refractivity contribution in [1.82, 2.24) is 20.1 Å². The number of rotatable bonds is 7. The van der Waals surface area contributed by atoms with Crippen molar-refractivity contribution < 1.29 is 9.53 Å². The van der Waals surface area contributed by atoms with Crippen LogP contribution in [-0.4, -0.2) is 27.3 Å². The molecule has 0 aliphatic rings. The Bertz CT molecular complexity index is 803. The first-order chi connectivity index (χ1) is 12.3. The van der Waals surface area contributed by atoms with Crippen LogP contribution in [0.3, 0.4) is 0 Å². The van der Waals surface area contributed by atoms with E-state index < -0.39 is 6.04 Å². The minimum Gasteiger partial charge on any atom is -0.478 e. The normalized spacial score (nSPS) is 11.7. The number of nitrogens with one attached hydrogen (secondary N) is 1. The molecule has 0 fully saturated rings. The smallest absolute Gasteiger partial charge is 0.249 e.